The van der Waals surface area contributed by atoms with E-state index in [0.29, 0.717) is 23.6 Å². The van der Waals surface area contributed by atoms with Crippen molar-refractivity contribution < 1.29 is 14.3 Å². The summed E-state index contributed by atoms with van der Waals surface area (Å²) in [7, 11) is 0. The lowest BCUT2D eigenvalue weighted by atomic mass is 10.2. The molecule has 6 nitrogen and oxygen atoms in total. The lowest BCUT2D eigenvalue weighted by Crippen LogP contribution is -2.13. The Morgan fingerprint density at radius 2 is 1.92 bits per heavy atom. The lowest BCUT2D eigenvalue weighted by molar-refractivity contribution is 0.102. The summed E-state index contributed by atoms with van der Waals surface area (Å²) in [6.45, 7) is 2.62. The molecular formula is C19H18BrN3O3. The molecule has 1 heterocycles. The van der Waals surface area contributed by atoms with Gasteiger partial charge in [-0.25, -0.2) is 4.68 Å². The first-order valence-corrected chi connectivity index (χ1v) is 8.89. The van der Waals surface area contributed by atoms with Gasteiger partial charge in [0.05, 0.1) is 30.3 Å². The molecule has 3 aromatic rings. The Labute approximate surface area is 159 Å². The SMILES string of the molecule is CCOc1ccccc1C(=O)Nc1cnn(COc2ccc(Br)cc2)c1. The monoisotopic (exact) mass is 415 g/mol. The molecule has 0 radical (unpaired) electrons. The average Bonchev–Trinajstić information content (AvgIpc) is 3.09. The van der Waals surface area contributed by atoms with E-state index in [1.54, 1.807) is 35.3 Å². The second-order valence-corrected chi connectivity index (χ2v) is 6.29. The molecule has 3 rings (SSSR count). The smallest absolute Gasteiger partial charge is 0.259 e. The van der Waals surface area contributed by atoms with E-state index in [-0.39, 0.29) is 12.6 Å². The van der Waals surface area contributed by atoms with Crippen LogP contribution in [0.15, 0.2) is 65.4 Å². The summed E-state index contributed by atoms with van der Waals surface area (Å²) in [5, 5.41) is 7.01. The number of hydrogen-bond donors (Lipinski definition) is 1. The highest BCUT2D eigenvalue weighted by Crippen LogP contribution is 2.20. The predicted molar refractivity (Wildman–Crippen MR) is 103 cm³/mol. The highest BCUT2D eigenvalue weighted by atomic mass is 79.9. The molecule has 0 fully saturated rings. The van der Waals surface area contributed by atoms with Gasteiger partial charge in [0.25, 0.3) is 5.91 Å². The van der Waals surface area contributed by atoms with Crippen molar-refractivity contribution in [2.24, 2.45) is 0 Å². The molecule has 0 unspecified atom stereocenters. The minimum absolute atomic E-state index is 0.243. The number of nitrogens with zero attached hydrogens (tertiary/aromatic N) is 2. The molecule has 0 saturated heterocycles. The first-order chi connectivity index (χ1) is 12.7. The van der Waals surface area contributed by atoms with E-state index in [2.05, 4.69) is 26.3 Å². The minimum Gasteiger partial charge on any atom is -0.493 e. The molecule has 1 aromatic heterocycles. The molecule has 0 atom stereocenters. The maximum absolute atomic E-state index is 12.5. The third-order valence-corrected chi connectivity index (χ3v) is 4.03. The maximum Gasteiger partial charge on any atom is 0.259 e. The van der Waals surface area contributed by atoms with E-state index in [9.17, 15) is 4.79 Å². The van der Waals surface area contributed by atoms with Crippen molar-refractivity contribution in [3.63, 3.8) is 0 Å². The fraction of sp³-hybridized carbons (Fsp3) is 0.158. The highest BCUT2D eigenvalue weighted by molar-refractivity contribution is 9.10. The van der Waals surface area contributed by atoms with Crippen molar-refractivity contribution in [3.8, 4) is 11.5 Å². The van der Waals surface area contributed by atoms with E-state index >= 15 is 0 Å². The summed E-state index contributed by atoms with van der Waals surface area (Å²) < 4.78 is 13.7. The molecule has 1 amide bonds. The standard InChI is InChI=1S/C19H18BrN3O3/c1-2-25-18-6-4-3-5-17(18)19(24)22-15-11-21-23(12-15)13-26-16-9-7-14(20)8-10-16/h3-12H,2,13H2,1H3,(H,22,24). The minimum atomic E-state index is -0.248. The zero-order valence-corrected chi connectivity index (χ0v) is 15.8. The van der Waals surface area contributed by atoms with Crippen LogP contribution in [-0.2, 0) is 6.73 Å². The Balaban J connectivity index is 1.61. The number of benzene rings is 2. The van der Waals surface area contributed by atoms with Crippen molar-refractivity contribution in [2.75, 3.05) is 11.9 Å². The fourth-order valence-electron chi connectivity index (χ4n) is 2.30. The number of hydrogen-bond acceptors (Lipinski definition) is 4. The Bertz CT molecular complexity index is 878. The van der Waals surface area contributed by atoms with Gasteiger partial charge in [0.15, 0.2) is 6.73 Å². The van der Waals surface area contributed by atoms with Crippen LogP contribution in [0.1, 0.15) is 17.3 Å². The van der Waals surface area contributed by atoms with E-state index in [1.165, 1.54) is 0 Å². The Morgan fingerprint density at radius 3 is 2.69 bits per heavy atom. The van der Waals surface area contributed by atoms with Crippen molar-refractivity contribution in [2.45, 2.75) is 13.7 Å². The fourth-order valence-corrected chi connectivity index (χ4v) is 2.57. The largest absolute Gasteiger partial charge is 0.493 e. The van der Waals surface area contributed by atoms with Crippen molar-refractivity contribution in [1.29, 1.82) is 0 Å². The second-order valence-electron chi connectivity index (χ2n) is 5.38. The number of halogens is 1. The molecule has 0 bridgehead atoms. The summed E-state index contributed by atoms with van der Waals surface area (Å²) >= 11 is 3.38. The maximum atomic E-state index is 12.5. The lowest BCUT2D eigenvalue weighted by Gasteiger charge is -2.09. The van der Waals surface area contributed by atoms with E-state index in [0.717, 1.165) is 10.2 Å². The van der Waals surface area contributed by atoms with Gasteiger partial charge in [-0.05, 0) is 43.3 Å². The zero-order chi connectivity index (χ0) is 18.4. The van der Waals surface area contributed by atoms with Crippen LogP contribution in [0.2, 0.25) is 0 Å². The van der Waals surface area contributed by atoms with Gasteiger partial charge in [-0.3, -0.25) is 4.79 Å². The van der Waals surface area contributed by atoms with Crippen LogP contribution in [0, 0.1) is 0 Å². The highest BCUT2D eigenvalue weighted by Gasteiger charge is 2.13. The first-order valence-electron chi connectivity index (χ1n) is 8.09. The van der Waals surface area contributed by atoms with Crippen LogP contribution < -0.4 is 14.8 Å². The molecule has 7 heteroatoms. The number of amides is 1. The third-order valence-electron chi connectivity index (χ3n) is 3.50. The first kappa shape index (κ1) is 18.0. The number of ether oxygens (including phenoxy) is 2. The van der Waals surface area contributed by atoms with E-state index < -0.39 is 0 Å². The molecule has 0 spiro atoms. The van der Waals surface area contributed by atoms with Gasteiger partial charge in [-0.15, -0.1) is 0 Å². The van der Waals surface area contributed by atoms with Crippen LogP contribution in [0.5, 0.6) is 11.5 Å². The van der Waals surface area contributed by atoms with Crippen LogP contribution in [-0.4, -0.2) is 22.3 Å². The van der Waals surface area contributed by atoms with Gasteiger partial charge >= 0.3 is 0 Å². The number of carbonyl (C=O) groups excluding carboxylic acids is 1. The van der Waals surface area contributed by atoms with Gasteiger partial charge < -0.3 is 14.8 Å². The molecule has 0 aliphatic heterocycles. The molecule has 0 saturated carbocycles. The number of nitrogens with one attached hydrogen (secondary N) is 1. The Morgan fingerprint density at radius 1 is 1.15 bits per heavy atom. The van der Waals surface area contributed by atoms with Crippen molar-refractivity contribution in [3.05, 3.63) is 71.0 Å². The number of anilines is 1. The number of rotatable bonds is 7. The Hall–Kier alpha value is -2.80. The second kappa shape index (κ2) is 8.53. The summed E-state index contributed by atoms with van der Waals surface area (Å²) in [5.74, 6) is 1.04. The zero-order valence-electron chi connectivity index (χ0n) is 14.2. The van der Waals surface area contributed by atoms with Crippen molar-refractivity contribution >= 4 is 27.5 Å². The molecule has 0 aliphatic rings. The number of carbonyl (C=O) groups is 1. The van der Waals surface area contributed by atoms with E-state index in [4.69, 9.17) is 9.47 Å². The average molecular weight is 416 g/mol. The van der Waals surface area contributed by atoms with Gasteiger partial charge in [0.1, 0.15) is 11.5 Å². The molecular weight excluding hydrogens is 398 g/mol. The summed E-state index contributed by atoms with van der Waals surface area (Å²) in [5.41, 5.74) is 1.06. The van der Waals surface area contributed by atoms with Crippen molar-refractivity contribution in [1.82, 2.24) is 9.78 Å². The Kier molecular flexibility index (Phi) is 5.91. The van der Waals surface area contributed by atoms with Gasteiger partial charge in [-0.1, -0.05) is 28.1 Å². The molecule has 0 aliphatic carbocycles. The summed E-state index contributed by atoms with van der Waals surface area (Å²) in [4.78, 5) is 12.5. The van der Waals surface area contributed by atoms with Gasteiger partial charge in [-0.2, -0.15) is 5.10 Å². The van der Waals surface area contributed by atoms with Crippen LogP contribution in [0.25, 0.3) is 0 Å². The third kappa shape index (κ3) is 4.64. The molecule has 2 aromatic carbocycles. The van der Waals surface area contributed by atoms with Crippen LogP contribution in [0.4, 0.5) is 5.69 Å². The molecule has 1 N–H and O–H groups in total. The molecule has 134 valence electrons. The van der Waals surface area contributed by atoms with Gasteiger partial charge in [0.2, 0.25) is 0 Å². The number of aromatic nitrogens is 2. The van der Waals surface area contributed by atoms with E-state index in [1.807, 2.05) is 37.3 Å². The predicted octanol–water partition coefficient (Wildman–Crippen LogP) is 4.33. The van der Waals surface area contributed by atoms with Crippen LogP contribution >= 0.6 is 15.9 Å². The summed E-state index contributed by atoms with van der Waals surface area (Å²) in [6, 6.07) is 14.7. The number of para-hydroxylation sites is 1. The van der Waals surface area contributed by atoms with Crippen LogP contribution in [0.3, 0.4) is 0 Å². The van der Waals surface area contributed by atoms with Gasteiger partial charge in [0, 0.05) is 4.47 Å². The topological polar surface area (TPSA) is 65.4 Å². The molecule has 26 heavy (non-hydrogen) atoms. The quantitative estimate of drug-likeness (QED) is 0.623. The normalized spacial score (nSPS) is 10.4. The summed E-state index contributed by atoms with van der Waals surface area (Å²) in [6.07, 6.45) is 3.28.